The molecule has 0 nitrogen and oxygen atoms in total. The highest BCUT2D eigenvalue weighted by atomic mass is 35.5. The molecule has 0 aromatic heterocycles. The maximum atomic E-state index is 12.9. The summed E-state index contributed by atoms with van der Waals surface area (Å²) in [6.07, 6.45) is 0. The van der Waals surface area contributed by atoms with Gasteiger partial charge < -0.3 is 0 Å². The Morgan fingerprint density at radius 1 is 0.667 bits per heavy atom. The van der Waals surface area contributed by atoms with Gasteiger partial charge in [0.2, 0.25) is 0 Å². The average Bonchev–Trinajstić information content (AvgIpc) is 2.34. The lowest BCUT2D eigenvalue weighted by Gasteiger charge is -2.08. The van der Waals surface area contributed by atoms with Crippen LogP contribution in [-0.2, 0) is 0 Å². The van der Waals surface area contributed by atoms with Crippen molar-refractivity contribution in [2.75, 3.05) is 0 Å². The summed E-state index contributed by atoms with van der Waals surface area (Å²) in [5.41, 5.74) is 1.88. The van der Waals surface area contributed by atoms with Crippen LogP contribution in [0.15, 0.2) is 53.0 Å². The first-order chi connectivity index (χ1) is 8.58. The third-order valence-electron chi connectivity index (χ3n) is 2.45. The second kappa shape index (κ2) is 5.51. The second-order valence-electron chi connectivity index (χ2n) is 3.65. The van der Waals surface area contributed by atoms with Crippen molar-refractivity contribution in [2.45, 2.75) is 0 Å². The van der Waals surface area contributed by atoms with Crippen molar-refractivity contribution in [1.82, 2.24) is 0 Å². The zero-order valence-corrected chi connectivity index (χ0v) is 10.6. The van der Waals surface area contributed by atoms with Gasteiger partial charge in [0.05, 0.1) is 0 Å². The Balaban J connectivity index is 2.51. The van der Waals surface area contributed by atoms with E-state index >= 15 is 0 Å². The number of halogens is 4. The molecule has 92 valence electrons. The Kier molecular flexibility index (Phi) is 4.00. The third kappa shape index (κ3) is 2.89. The molecule has 2 aromatic carbocycles. The molecule has 4 heteroatoms. The van der Waals surface area contributed by atoms with Crippen LogP contribution in [0.4, 0.5) is 8.78 Å². The molecule has 0 heterocycles. The molecule has 0 saturated heterocycles. The van der Waals surface area contributed by atoms with E-state index in [-0.39, 0.29) is 16.1 Å². The van der Waals surface area contributed by atoms with Crippen molar-refractivity contribution < 1.29 is 8.78 Å². The fourth-order valence-corrected chi connectivity index (χ4v) is 2.05. The second-order valence-corrected chi connectivity index (χ2v) is 4.60. The zero-order chi connectivity index (χ0) is 13.1. The van der Waals surface area contributed by atoms with Gasteiger partial charge in [0.15, 0.2) is 0 Å². The summed E-state index contributed by atoms with van der Waals surface area (Å²) in [5, 5.41) is 0. The van der Waals surface area contributed by atoms with Crippen molar-refractivity contribution in [3.8, 4) is 0 Å². The summed E-state index contributed by atoms with van der Waals surface area (Å²) in [7, 11) is 0. The van der Waals surface area contributed by atoms with E-state index in [2.05, 4.69) is 0 Å². The SMILES string of the molecule is Fc1ccc(C(=C(Cl)Cl)c2ccc(F)cc2)cc1. The Labute approximate surface area is 113 Å². The van der Waals surface area contributed by atoms with Crippen LogP contribution in [0.3, 0.4) is 0 Å². The highest BCUT2D eigenvalue weighted by molar-refractivity contribution is 6.59. The van der Waals surface area contributed by atoms with E-state index in [0.717, 1.165) is 0 Å². The van der Waals surface area contributed by atoms with Gasteiger partial charge in [-0.15, -0.1) is 0 Å². The van der Waals surface area contributed by atoms with E-state index in [1.807, 2.05) is 0 Å². The molecule has 0 aliphatic carbocycles. The highest BCUT2D eigenvalue weighted by Crippen LogP contribution is 2.31. The molecule has 0 aliphatic rings. The van der Waals surface area contributed by atoms with Crippen molar-refractivity contribution in [3.63, 3.8) is 0 Å². The largest absolute Gasteiger partial charge is 0.207 e. The molecule has 0 radical (unpaired) electrons. The summed E-state index contributed by atoms with van der Waals surface area (Å²) >= 11 is 11.7. The first kappa shape index (κ1) is 13.1. The van der Waals surface area contributed by atoms with Gasteiger partial charge in [-0.1, -0.05) is 47.5 Å². The van der Waals surface area contributed by atoms with Crippen LogP contribution < -0.4 is 0 Å². The minimum Gasteiger partial charge on any atom is -0.207 e. The molecule has 0 bridgehead atoms. The van der Waals surface area contributed by atoms with Gasteiger partial charge in [-0.05, 0) is 35.4 Å². The highest BCUT2D eigenvalue weighted by Gasteiger charge is 2.09. The van der Waals surface area contributed by atoms with Crippen LogP contribution in [-0.4, -0.2) is 0 Å². The lowest BCUT2D eigenvalue weighted by Crippen LogP contribution is -1.90. The molecule has 2 aromatic rings. The quantitative estimate of drug-likeness (QED) is 0.715. The monoisotopic (exact) mass is 284 g/mol. The Morgan fingerprint density at radius 2 is 1.00 bits per heavy atom. The summed E-state index contributed by atoms with van der Waals surface area (Å²) in [6.45, 7) is 0. The first-order valence-electron chi connectivity index (χ1n) is 5.15. The van der Waals surface area contributed by atoms with Crippen molar-refractivity contribution >= 4 is 28.8 Å². The van der Waals surface area contributed by atoms with E-state index in [1.165, 1.54) is 24.3 Å². The van der Waals surface area contributed by atoms with Gasteiger partial charge in [-0.25, -0.2) is 8.78 Å². The Morgan fingerprint density at radius 3 is 1.28 bits per heavy atom. The van der Waals surface area contributed by atoms with Crippen molar-refractivity contribution in [1.29, 1.82) is 0 Å². The maximum Gasteiger partial charge on any atom is 0.123 e. The number of hydrogen-bond acceptors (Lipinski definition) is 0. The molecule has 18 heavy (non-hydrogen) atoms. The minimum absolute atomic E-state index is 0.0493. The smallest absolute Gasteiger partial charge is 0.123 e. The first-order valence-corrected chi connectivity index (χ1v) is 5.90. The predicted molar refractivity (Wildman–Crippen MR) is 70.5 cm³/mol. The lowest BCUT2D eigenvalue weighted by molar-refractivity contribution is 0.627. The predicted octanol–water partition coefficient (Wildman–Crippen LogP) is 5.16. The number of hydrogen-bond donors (Lipinski definition) is 0. The third-order valence-corrected chi connectivity index (χ3v) is 2.83. The van der Waals surface area contributed by atoms with Crippen LogP contribution in [0.1, 0.15) is 11.1 Å². The fraction of sp³-hybridized carbons (Fsp3) is 0. The number of rotatable bonds is 2. The minimum atomic E-state index is -0.345. The molecule has 0 N–H and O–H groups in total. The molecule has 0 amide bonds. The molecular formula is C14H8Cl2F2. The molecule has 0 unspecified atom stereocenters. The van der Waals surface area contributed by atoms with Crippen molar-refractivity contribution in [3.05, 3.63) is 75.8 Å². The standard InChI is InChI=1S/C14H8Cl2F2/c15-14(16)13(9-1-5-11(17)6-2-9)10-3-7-12(18)8-4-10/h1-8H. The fourth-order valence-electron chi connectivity index (χ4n) is 1.62. The van der Waals surface area contributed by atoms with Crippen LogP contribution in [0.2, 0.25) is 0 Å². The molecule has 0 saturated carbocycles. The van der Waals surface area contributed by atoms with Gasteiger partial charge in [0, 0.05) is 5.57 Å². The molecule has 2 rings (SSSR count). The molecule has 0 atom stereocenters. The number of benzene rings is 2. The van der Waals surface area contributed by atoms with Crippen molar-refractivity contribution in [2.24, 2.45) is 0 Å². The zero-order valence-electron chi connectivity index (χ0n) is 9.13. The average molecular weight is 285 g/mol. The van der Waals surface area contributed by atoms with E-state index in [0.29, 0.717) is 16.7 Å². The molecule has 0 fully saturated rings. The van der Waals surface area contributed by atoms with Crippen LogP contribution in [0, 0.1) is 11.6 Å². The van der Waals surface area contributed by atoms with E-state index in [9.17, 15) is 8.78 Å². The van der Waals surface area contributed by atoms with Crippen LogP contribution in [0.5, 0.6) is 0 Å². The molecule has 0 aliphatic heterocycles. The van der Waals surface area contributed by atoms with Gasteiger partial charge >= 0.3 is 0 Å². The van der Waals surface area contributed by atoms with E-state index < -0.39 is 0 Å². The van der Waals surface area contributed by atoms with Crippen LogP contribution >= 0.6 is 23.2 Å². The van der Waals surface area contributed by atoms with Crippen LogP contribution in [0.25, 0.3) is 5.57 Å². The molecule has 0 spiro atoms. The van der Waals surface area contributed by atoms with Gasteiger partial charge in [-0.3, -0.25) is 0 Å². The Bertz CT molecular complexity index is 520. The lowest BCUT2D eigenvalue weighted by atomic mass is 9.99. The van der Waals surface area contributed by atoms with Gasteiger partial charge in [0.1, 0.15) is 16.1 Å². The Hall–Kier alpha value is -1.38. The normalized spacial score (nSPS) is 10.2. The summed E-state index contributed by atoms with van der Waals surface area (Å²) in [5.74, 6) is -0.689. The van der Waals surface area contributed by atoms with E-state index in [4.69, 9.17) is 23.2 Å². The molecular weight excluding hydrogens is 277 g/mol. The maximum absolute atomic E-state index is 12.9. The summed E-state index contributed by atoms with van der Waals surface area (Å²) in [4.78, 5) is 0. The van der Waals surface area contributed by atoms with Gasteiger partial charge in [0.25, 0.3) is 0 Å². The summed E-state index contributed by atoms with van der Waals surface area (Å²) in [6, 6.07) is 11.5. The topological polar surface area (TPSA) is 0 Å². The van der Waals surface area contributed by atoms with Gasteiger partial charge in [-0.2, -0.15) is 0 Å². The van der Waals surface area contributed by atoms with E-state index in [1.54, 1.807) is 24.3 Å². The summed E-state index contributed by atoms with van der Waals surface area (Å²) < 4.78 is 25.8.